The van der Waals surface area contributed by atoms with Gasteiger partial charge < -0.3 is 4.57 Å². The first-order chi connectivity index (χ1) is 19.5. The number of carbonyl (C=O) groups excluding carboxylic acids is 1. The molecular weight excluding hydrogens is 505 g/mol. The molecule has 9 heteroatoms. The van der Waals surface area contributed by atoms with Crippen LogP contribution in [0.3, 0.4) is 0 Å². The molecule has 0 bridgehead atoms. The average Bonchev–Trinajstić information content (AvgIpc) is 3.36. The number of fused-ring (bicyclic) bond motifs is 1. The minimum absolute atomic E-state index is 0.147. The molecule has 7 rings (SSSR count). The van der Waals surface area contributed by atoms with Gasteiger partial charge in [-0.15, -0.1) is 10.2 Å². The molecule has 0 atom stereocenters. The van der Waals surface area contributed by atoms with Gasteiger partial charge in [0.05, 0.1) is 18.2 Å². The van der Waals surface area contributed by atoms with Crippen LogP contribution in [0.2, 0.25) is 0 Å². The van der Waals surface area contributed by atoms with Crippen LogP contribution in [-0.2, 0) is 20.1 Å². The molecule has 1 saturated carbocycles. The van der Waals surface area contributed by atoms with E-state index in [2.05, 4.69) is 27.2 Å². The topological polar surface area (TPSA) is 90.9 Å². The van der Waals surface area contributed by atoms with Gasteiger partial charge in [0.15, 0.2) is 5.82 Å². The Bertz CT molecular complexity index is 1690. The number of hydrogen-bond donors (Lipinski definition) is 0. The molecular formula is C31H28FN7O. The number of benzene rings is 2. The first-order valence-electron chi connectivity index (χ1n) is 13.7. The van der Waals surface area contributed by atoms with E-state index in [0.717, 1.165) is 66.7 Å². The molecule has 0 unspecified atom stereocenters. The third kappa shape index (κ3) is 4.34. The summed E-state index contributed by atoms with van der Waals surface area (Å²) in [5.74, 6) is 0.916. The second kappa shape index (κ2) is 9.65. The Labute approximate surface area is 231 Å². The summed E-state index contributed by atoms with van der Waals surface area (Å²) in [5, 5.41) is 17.9. The van der Waals surface area contributed by atoms with Crippen LogP contribution in [0.5, 0.6) is 0 Å². The van der Waals surface area contributed by atoms with Crippen molar-refractivity contribution in [2.45, 2.75) is 44.7 Å². The first-order valence-corrected chi connectivity index (χ1v) is 13.7. The van der Waals surface area contributed by atoms with Crippen molar-refractivity contribution in [1.29, 1.82) is 5.26 Å². The number of carbonyl (C=O) groups is 1. The smallest absolute Gasteiger partial charge is 0.260 e. The summed E-state index contributed by atoms with van der Waals surface area (Å²) in [4.78, 5) is 22.5. The van der Waals surface area contributed by atoms with E-state index in [-0.39, 0.29) is 18.3 Å². The Balaban J connectivity index is 1.29. The Morgan fingerprint density at radius 1 is 1.05 bits per heavy atom. The maximum atomic E-state index is 15.3. The highest BCUT2D eigenvalue weighted by atomic mass is 19.1. The predicted octanol–water partition coefficient (Wildman–Crippen LogP) is 5.19. The lowest BCUT2D eigenvalue weighted by molar-refractivity contribution is 0.0995. The van der Waals surface area contributed by atoms with Crippen LogP contribution in [0, 0.1) is 17.1 Å². The summed E-state index contributed by atoms with van der Waals surface area (Å²) in [6.07, 6.45) is 6.02. The second-order valence-corrected chi connectivity index (χ2v) is 11.0. The van der Waals surface area contributed by atoms with Gasteiger partial charge in [-0.05, 0) is 91.9 Å². The zero-order chi connectivity index (χ0) is 27.4. The van der Waals surface area contributed by atoms with Crippen molar-refractivity contribution >= 4 is 11.7 Å². The summed E-state index contributed by atoms with van der Waals surface area (Å²) < 4.78 is 17.1. The zero-order valence-corrected chi connectivity index (χ0v) is 22.3. The van der Waals surface area contributed by atoms with Crippen LogP contribution in [0.1, 0.15) is 64.3 Å². The minimum Gasteiger partial charge on any atom is -0.317 e. The zero-order valence-electron chi connectivity index (χ0n) is 22.3. The van der Waals surface area contributed by atoms with Gasteiger partial charge >= 0.3 is 0 Å². The number of rotatable bonds is 6. The van der Waals surface area contributed by atoms with Crippen molar-refractivity contribution in [2.75, 3.05) is 18.0 Å². The summed E-state index contributed by atoms with van der Waals surface area (Å²) in [5.41, 5.74) is 5.62. The van der Waals surface area contributed by atoms with Gasteiger partial charge in [0.1, 0.15) is 18.0 Å². The quantitative estimate of drug-likeness (QED) is 0.339. The molecule has 200 valence electrons. The molecule has 4 aromatic rings. The molecule has 1 saturated heterocycles. The van der Waals surface area contributed by atoms with Crippen LogP contribution in [0.15, 0.2) is 48.8 Å². The number of aromatic nitrogens is 4. The van der Waals surface area contributed by atoms with Crippen LogP contribution in [0.4, 0.5) is 10.2 Å². The number of nitriles is 1. The van der Waals surface area contributed by atoms with Crippen molar-refractivity contribution in [3.05, 3.63) is 82.6 Å². The highest BCUT2D eigenvalue weighted by Gasteiger charge is 2.34. The second-order valence-electron chi connectivity index (χ2n) is 11.0. The first kappa shape index (κ1) is 24.6. The Hall–Kier alpha value is -4.42. The van der Waals surface area contributed by atoms with Crippen molar-refractivity contribution < 1.29 is 9.18 Å². The maximum absolute atomic E-state index is 15.3. The van der Waals surface area contributed by atoms with Gasteiger partial charge in [0.2, 0.25) is 0 Å². The number of hydrogen-bond acceptors (Lipinski definition) is 6. The van der Waals surface area contributed by atoms with E-state index in [0.29, 0.717) is 40.8 Å². The molecule has 1 amide bonds. The van der Waals surface area contributed by atoms with Gasteiger partial charge in [-0.2, -0.15) is 5.26 Å². The van der Waals surface area contributed by atoms with E-state index in [1.54, 1.807) is 23.4 Å². The molecule has 2 aliphatic heterocycles. The normalized spacial score (nSPS) is 16.9. The van der Waals surface area contributed by atoms with Gasteiger partial charge in [-0.3, -0.25) is 14.6 Å². The molecule has 2 aromatic heterocycles. The van der Waals surface area contributed by atoms with Gasteiger partial charge in [-0.1, -0.05) is 6.07 Å². The lowest BCUT2D eigenvalue weighted by Gasteiger charge is -2.18. The molecule has 0 spiro atoms. The number of halogens is 1. The monoisotopic (exact) mass is 533 g/mol. The Kier molecular flexibility index (Phi) is 5.93. The summed E-state index contributed by atoms with van der Waals surface area (Å²) in [6.45, 7) is 2.81. The van der Waals surface area contributed by atoms with Crippen molar-refractivity contribution in [1.82, 2.24) is 24.6 Å². The molecule has 2 aromatic carbocycles. The molecule has 1 aliphatic carbocycles. The van der Waals surface area contributed by atoms with Gasteiger partial charge in [0, 0.05) is 41.9 Å². The van der Waals surface area contributed by atoms with Crippen molar-refractivity contribution in [2.24, 2.45) is 7.05 Å². The number of nitrogens with zero attached hydrogens (tertiary/aromatic N) is 7. The highest BCUT2D eigenvalue weighted by molar-refractivity contribution is 6.10. The van der Waals surface area contributed by atoms with E-state index in [4.69, 9.17) is 4.98 Å². The highest BCUT2D eigenvalue weighted by Crippen LogP contribution is 2.43. The third-order valence-electron chi connectivity index (χ3n) is 8.17. The molecule has 0 radical (unpaired) electrons. The lowest BCUT2D eigenvalue weighted by atomic mass is 9.96. The van der Waals surface area contributed by atoms with E-state index in [1.165, 1.54) is 0 Å². The number of aryl methyl sites for hydroxylation is 1. The molecule has 8 nitrogen and oxygen atoms in total. The largest absolute Gasteiger partial charge is 0.317 e. The number of anilines is 1. The van der Waals surface area contributed by atoms with E-state index in [1.807, 2.05) is 35.9 Å². The molecule has 40 heavy (non-hydrogen) atoms. The fourth-order valence-electron chi connectivity index (χ4n) is 5.89. The predicted molar refractivity (Wildman–Crippen MR) is 148 cm³/mol. The average molecular weight is 534 g/mol. The molecule has 4 heterocycles. The number of amides is 1. The summed E-state index contributed by atoms with van der Waals surface area (Å²) in [7, 11) is 1.86. The maximum Gasteiger partial charge on any atom is 0.260 e. The van der Waals surface area contributed by atoms with Crippen molar-refractivity contribution in [3.8, 4) is 28.6 Å². The van der Waals surface area contributed by atoms with Crippen LogP contribution in [0.25, 0.3) is 22.5 Å². The standard InChI is InChI=1S/C31H28FN7O/c1-37-18-34-36-30(37)24-10-19(15-33)4-7-23(24)22-13-28(21-5-6-21)35-29(14-22)39-17-26-25(31(39)40)11-20(12-27(26)32)16-38-8-2-3-9-38/h4,7,10-14,18,21H,2-3,5-6,8-9,16-17H2,1H3. The van der Waals surface area contributed by atoms with Crippen LogP contribution >= 0.6 is 0 Å². The van der Waals surface area contributed by atoms with Crippen LogP contribution in [-0.4, -0.2) is 43.6 Å². The molecule has 2 fully saturated rings. The third-order valence-corrected chi connectivity index (χ3v) is 8.17. The fourth-order valence-corrected chi connectivity index (χ4v) is 5.89. The van der Waals surface area contributed by atoms with Gasteiger partial charge in [0.25, 0.3) is 5.91 Å². The Morgan fingerprint density at radius 2 is 1.88 bits per heavy atom. The summed E-state index contributed by atoms with van der Waals surface area (Å²) in [6, 6.07) is 15.1. The van der Waals surface area contributed by atoms with E-state index in [9.17, 15) is 10.1 Å². The van der Waals surface area contributed by atoms with Crippen molar-refractivity contribution in [3.63, 3.8) is 0 Å². The van der Waals surface area contributed by atoms with E-state index < -0.39 is 0 Å². The summed E-state index contributed by atoms with van der Waals surface area (Å²) >= 11 is 0. The minimum atomic E-state index is -0.335. The number of likely N-dealkylation sites (tertiary alicyclic amines) is 1. The number of pyridine rings is 1. The molecule has 0 N–H and O–H groups in total. The Morgan fingerprint density at radius 3 is 2.60 bits per heavy atom. The van der Waals surface area contributed by atoms with Crippen LogP contribution < -0.4 is 4.90 Å². The molecule has 3 aliphatic rings. The lowest BCUT2D eigenvalue weighted by Crippen LogP contribution is -2.24. The fraction of sp³-hybridized carbons (Fsp3) is 0.323. The SMILES string of the molecule is Cn1cnnc1-c1cc(C#N)ccc1-c1cc(C2CC2)nc(N2Cc3c(F)cc(CN4CCCC4)cc3C2=O)c1. The van der Waals surface area contributed by atoms with Gasteiger partial charge in [-0.25, -0.2) is 9.37 Å². The van der Waals surface area contributed by atoms with E-state index >= 15 is 4.39 Å².